The lowest BCUT2D eigenvalue weighted by molar-refractivity contribution is -0.137. The van der Waals surface area contributed by atoms with Gasteiger partial charge in [0.1, 0.15) is 5.75 Å². The number of rotatable bonds is 7. The van der Waals surface area contributed by atoms with Crippen LogP contribution in [0.4, 0.5) is 10.5 Å². The average molecular weight is 326 g/mol. The van der Waals surface area contributed by atoms with Crippen LogP contribution in [0.3, 0.4) is 0 Å². The Morgan fingerprint density at radius 3 is 2.59 bits per heavy atom. The minimum Gasteiger partial charge on any atom is -0.495 e. The lowest BCUT2D eigenvalue weighted by Crippen LogP contribution is -2.45. The molecule has 0 unspecified atom stereocenters. The highest BCUT2D eigenvalue weighted by Gasteiger charge is 2.22. The highest BCUT2D eigenvalue weighted by molar-refractivity contribution is 7.98. The second-order valence-corrected chi connectivity index (χ2v) is 6.30. The lowest BCUT2D eigenvalue weighted by atomic mass is 9.99. The van der Waals surface area contributed by atoms with Crippen molar-refractivity contribution in [1.29, 1.82) is 0 Å². The van der Waals surface area contributed by atoms with Gasteiger partial charge in [-0.05, 0) is 44.7 Å². The molecule has 1 aromatic rings. The molecule has 0 saturated heterocycles. The van der Waals surface area contributed by atoms with Gasteiger partial charge in [-0.25, -0.2) is 4.79 Å². The van der Waals surface area contributed by atoms with E-state index in [1.54, 1.807) is 38.8 Å². The van der Waals surface area contributed by atoms with E-state index in [4.69, 9.17) is 9.84 Å². The van der Waals surface area contributed by atoms with Gasteiger partial charge < -0.3 is 20.5 Å². The molecule has 22 heavy (non-hydrogen) atoms. The zero-order valence-corrected chi connectivity index (χ0v) is 14.0. The molecular formula is C15H22N2O4S. The van der Waals surface area contributed by atoms with Gasteiger partial charge in [0.25, 0.3) is 0 Å². The molecule has 0 aliphatic heterocycles. The number of urea groups is 1. The molecular weight excluding hydrogens is 304 g/mol. The normalized spacial score (nSPS) is 10.9. The fourth-order valence-electron chi connectivity index (χ4n) is 1.84. The number of benzene rings is 1. The van der Waals surface area contributed by atoms with Crippen LogP contribution in [0.1, 0.15) is 26.7 Å². The Bertz CT molecular complexity index is 546. The van der Waals surface area contributed by atoms with Crippen molar-refractivity contribution >= 4 is 29.4 Å². The quantitative estimate of drug-likeness (QED) is 0.670. The Kier molecular flexibility index (Phi) is 6.55. The van der Waals surface area contributed by atoms with Gasteiger partial charge in [-0.3, -0.25) is 4.79 Å². The molecule has 0 heterocycles. The number of carboxylic acids is 1. The van der Waals surface area contributed by atoms with Gasteiger partial charge in [0.15, 0.2) is 0 Å². The third kappa shape index (κ3) is 5.85. The first-order chi connectivity index (χ1) is 10.3. The maximum Gasteiger partial charge on any atom is 0.319 e. The summed E-state index contributed by atoms with van der Waals surface area (Å²) in [5.41, 5.74) is -0.0543. The first-order valence-corrected chi connectivity index (χ1v) is 8.03. The maximum absolute atomic E-state index is 12.1. The molecule has 0 spiro atoms. The molecule has 1 aromatic carbocycles. The number of carboxylic acid groups (broad SMARTS) is 1. The number of amides is 2. The third-order valence-electron chi connectivity index (χ3n) is 3.07. The number of anilines is 1. The Morgan fingerprint density at radius 2 is 2.05 bits per heavy atom. The number of nitrogens with one attached hydrogen (secondary N) is 2. The highest BCUT2D eigenvalue weighted by Crippen LogP contribution is 2.29. The molecule has 0 aliphatic rings. The molecule has 3 N–H and O–H groups in total. The minimum atomic E-state index is -0.885. The van der Waals surface area contributed by atoms with Crippen LogP contribution < -0.4 is 15.4 Å². The summed E-state index contributed by atoms with van der Waals surface area (Å²) in [6, 6.07) is 5.11. The second kappa shape index (κ2) is 7.93. The molecule has 0 atom stereocenters. The molecule has 0 aromatic heterocycles. The number of carbonyl (C=O) groups is 2. The van der Waals surface area contributed by atoms with Gasteiger partial charge in [-0.15, -0.1) is 11.8 Å². The van der Waals surface area contributed by atoms with Crippen LogP contribution in [0, 0.1) is 0 Å². The first kappa shape index (κ1) is 18.2. The molecule has 6 nitrogen and oxygen atoms in total. The number of ether oxygens (including phenoxy) is 1. The molecule has 122 valence electrons. The largest absolute Gasteiger partial charge is 0.495 e. The number of hydrogen-bond donors (Lipinski definition) is 3. The average Bonchev–Trinajstić information content (AvgIpc) is 2.45. The minimum absolute atomic E-state index is 0.000971. The Hall–Kier alpha value is -1.89. The van der Waals surface area contributed by atoms with Gasteiger partial charge >= 0.3 is 12.0 Å². The molecule has 0 aliphatic carbocycles. The Labute approximate surface area is 134 Å². The third-order valence-corrected chi connectivity index (χ3v) is 3.80. The van der Waals surface area contributed by atoms with E-state index >= 15 is 0 Å². The van der Waals surface area contributed by atoms with E-state index in [1.165, 1.54) is 0 Å². The van der Waals surface area contributed by atoms with Crippen molar-refractivity contribution in [1.82, 2.24) is 5.32 Å². The van der Waals surface area contributed by atoms with Gasteiger partial charge in [-0.1, -0.05) is 0 Å². The predicted octanol–water partition coefficient (Wildman–Crippen LogP) is 3.18. The van der Waals surface area contributed by atoms with Gasteiger partial charge in [-0.2, -0.15) is 0 Å². The van der Waals surface area contributed by atoms with Crippen LogP contribution in [0.15, 0.2) is 23.1 Å². The molecule has 0 fully saturated rings. The van der Waals surface area contributed by atoms with Crippen molar-refractivity contribution < 1.29 is 19.4 Å². The predicted molar refractivity (Wildman–Crippen MR) is 87.9 cm³/mol. The van der Waals surface area contributed by atoms with E-state index in [-0.39, 0.29) is 6.42 Å². The van der Waals surface area contributed by atoms with Crippen molar-refractivity contribution in [3.8, 4) is 5.75 Å². The van der Waals surface area contributed by atoms with Crippen molar-refractivity contribution in [2.45, 2.75) is 37.1 Å². The lowest BCUT2D eigenvalue weighted by Gasteiger charge is -2.26. The van der Waals surface area contributed by atoms with Crippen LogP contribution in [0.25, 0.3) is 0 Å². The summed E-state index contributed by atoms with van der Waals surface area (Å²) in [7, 11) is 1.54. The van der Waals surface area contributed by atoms with Crippen molar-refractivity contribution in [3.05, 3.63) is 18.2 Å². The topological polar surface area (TPSA) is 87.7 Å². The van der Waals surface area contributed by atoms with E-state index in [0.29, 0.717) is 17.9 Å². The summed E-state index contributed by atoms with van der Waals surface area (Å²) in [5, 5.41) is 14.2. The van der Waals surface area contributed by atoms with Gasteiger partial charge in [0.2, 0.25) is 0 Å². The summed E-state index contributed by atoms with van der Waals surface area (Å²) in [6.07, 6.45) is 2.30. The monoisotopic (exact) mass is 326 g/mol. The van der Waals surface area contributed by atoms with E-state index < -0.39 is 17.5 Å². The fourth-order valence-corrected chi connectivity index (χ4v) is 2.27. The summed E-state index contributed by atoms with van der Waals surface area (Å²) < 4.78 is 5.26. The number of thioether (sulfide) groups is 1. The smallest absolute Gasteiger partial charge is 0.319 e. The number of carbonyl (C=O) groups excluding carboxylic acids is 1. The van der Waals surface area contributed by atoms with E-state index in [9.17, 15) is 9.59 Å². The highest BCUT2D eigenvalue weighted by atomic mass is 32.2. The van der Waals surface area contributed by atoms with Crippen LogP contribution >= 0.6 is 11.8 Å². The SMILES string of the molecule is COc1cc(SC)ccc1NC(=O)NC(C)(C)CCC(=O)O. The summed E-state index contributed by atoms with van der Waals surface area (Å²) in [6.45, 7) is 3.56. The van der Waals surface area contributed by atoms with E-state index in [1.807, 2.05) is 18.4 Å². The van der Waals surface area contributed by atoms with Crippen LogP contribution in [0.5, 0.6) is 5.75 Å². The summed E-state index contributed by atoms with van der Waals surface area (Å²) in [5.74, 6) is -0.310. The van der Waals surface area contributed by atoms with Crippen LogP contribution in [-0.2, 0) is 4.79 Å². The Morgan fingerprint density at radius 1 is 1.36 bits per heavy atom. The first-order valence-electron chi connectivity index (χ1n) is 6.80. The van der Waals surface area contributed by atoms with Crippen LogP contribution in [-0.4, -0.2) is 36.0 Å². The molecule has 0 radical (unpaired) electrons. The van der Waals surface area contributed by atoms with Crippen molar-refractivity contribution in [2.75, 3.05) is 18.7 Å². The number of aliphatic carboxylic acids is 1. The van der Waals surface area contributed by atoms with Crippen molar-refractivity contribution in [2.24, 2.45) is 0 Å². The summed E-state index contributed by atoms with van der Waals surface area (Å²) >= 11 is 1.58. The molecule has 0 bridgehead atoms. The van der Waals surface area contributed by atoms with Crippen LogP contribution in [0.2, 0.25) is 0 Å². The fraction of sp³-hybridized carbons (Fsp3) is 0.467. The van der Waals surface area contributed by atoms with Gasteiger partial charge in [0.05, 0.1) is 12.8 Å². The second-order valence-electron chi connectivity index (χ2n) is 5.42. The molecule has 0 saturated carbocycles. The number of methoxy groups -OCH3 is 1. The molecule has 2 amide bonds. The number of hydrogen-bond acceptors (Lipinski definition) is 4. The standard InChI is InChI=1S/C15H22N2O4S/c1-15(2,8-7-13(18)19)17-14(20)16-11-6-5-10(22-4)9-12(11)21-3/h5-6,9H,7-8H2,1-4H3,(H,18,19)(H2,16,17,20). The van der Waals surface area contributed by atoms with E-state index in [0.717, 1.165) is 4.90 Å². The molecule has 7 heteroatoms. The maximum atomic E-state index is 12.1. The summed E-state index contributed by atoms with van der Waals surface area (Å²) in [4.78, 5) is 23.7. The van der Waals surface area contributed by atoms with Crippen molar-refractivity contribution in [3.63, 3.8) is 0 Å². The van der Waals surface area contributed by atoms with E-state index in [2.05, 4.69) is 10.6 Å². The molecule has 1 rings (SSSR count). The van der Waals surface area contributed by atoms with Gasteiger partial charge in [0, 0.05) is 16.9 Å². The zero-order valence-electron chi connectivity index (χ0n) is 13.2. The Balaban J connectivity index is 2.70. The zero-order chi connectivity index (χ0) is 16.8.